The van der Waals surface area contributed by atoms with Crippen LogP contribution in [0.5, 0.6) is 46.0 Å². The summed E-state index contributed by atoms with van der Waals surface area (Å²) >= 11 is 0. The van der Waals surface area contributed by atoms with Crippen LogP contribution in [0.15, 0.2) is 48.6 Å². The van der Waals surface area contributed by atoms with Crippen molar-refractivity contribution in [1.82, 2.24) is 0 Å². The second-order valence-electron chi connectivity index (χ2n) is 18.7. The highest BCUT2D eigenvalue weighted by Gasteiger charge is 2.45. The molecule has 0 bridgehead atoms. The predicted molar refractivity (Wildman–Crippen MR) is 265 cm³/mol. The molecule has 4 aromatic rings. The van der Waals surface area contributed by atoms with Crippen molar-refractivity contribution in [2.24, 2.45) is 0 Å². The summed E-state index contributed by atoms with van der Waals surface area (Å²) in [4.78, 5) is 25.9. The number of methoxy groups -OCH3 is 8. The van der Waals surface area contributed by atoms with Gasteiger partial charge in [0, 0.05) is 49.8 Å². The van der Waals surface area contributed by atoms with Crippen molar-refractivity contribution in [3.8, 4) is 46.0 Å². The van der Waals surface area contributed by atoms with E-state index in [4.69, 9.17) is 47.4 Å². The molecule has 0 aliphatic carbocycles. The smallest absolute Gasteiger partial charge is 0.331 e. The fourth-order valence-electron chi connectivity index (χ4n) is 10.9. The Morgan fingerprint density at radius 1 is 0.536 bits per heavy atom. The zero-order chi connectivity index (χ0) is 50.2. The molecule has 0 N–H and O–H groups in total. The fraction of sp³-hybridized carbons (Fsp3) is 0.491. The average molecular weight is 955 g/mol. The minimum absolute atomic E-state index is 0.0565. The van der Waals surface area contributed by atoms with E-state index in [-0.39, 0.29) is 25.3 Å². The lowest BCUT2D eigenvalue weighted by Crippen LogP contribution is -2.52. The van der Waals surface area contributed by atoms with Crippen LogP contribution in [0.4, 0.5) is 0 Å². The third kappa shape index (κ3) is 10.9. The molecular weight excluding hydrogens is 881 g/mol. The Morgan fingerprint density at radius 2 is 1.03 bits per heavy atom. The largest absolute Gasteiger partial charge is 0.496 e. The molecule has 0 saturated carbocycles. The summed E-state index contributed by atoms with van der Waals surface area (Å²) in [5, 5.41) is 0. The van der Waals surface area contributed by atoms with Gasteiger partial charge in [0.1, 0.15) is 17.8 Å². The van der Waals surface area contributed by atoms with Crippen molar-refractivity contribution in [3.63, 3.8) is 0 Å². The lowest BCUT2D eigenvalue weighted by molar-refractivity contribution is -0.941. The van der Waals surface area contributed by atoms with Crippen molar-refractivity contribution < 1.29 is 65.9 Å². The minimum Gasteiger partial charge on any atom is -0.496 e. The van der Waals surface area contributed by atoms with E-state index >= 15 is 0 Å². The van der Waals surface area contributed by atoms with E-state index in [2.05, 4.69) is 58.3 Å². The zero-order valence-corrected chi connectivity index (χ0v) is 43.3. The van der Waals surface area contributed by atoms with Crippen molar-refractivity contribution in [1.29, 1.82) is 0 Å². The standard InChI is InChI=1S/C55H74N2O12/c1-34-28-39-20-24-57(6,50(49(39)53(65-12)37(34)4)41-29-36(3)52(64-11)44(33-41)61-8)22-16-26-69-47(59)18-17-46(58)68-25-15-21-56(5)23-19-40-32-45(62-9)54(66-13)55(67-14)48(40)42(56)30-38-27-35(2)51(63-10)43(31-38)60-7/h17-18,27-29,31-33,42,50H,15-16,19-26,30H2,1-14H3/q+2/b18-17-. The number of aryl methyl sites for hydroxylation is 3. The van der Waals surface area contributed by atoms with Gasteiger partial charge >= 0.3 is 11.9 Å². The Labute approximate surface area is 409 Å². The number of hydrogen-bond donors (Lipinski definition) is 0. The van der Waals surface area contributed by atoms with Crippen LogP contribution < -0.4 is 37.9 Å². The molecule has 0 amide bonds. The first-order chi connectivity index (χ1) is 33.0. The lowest BCUT2D eigenvalue weighted by Gasteiger charge is -2.46. The molecule has 6 rings (SSSR count). The Balaban J connectivity index is 1.09. The number of carbonyl (C=O) groups is 2. The number of likely N-dealkylation sites (N-methyl/N-ethyl adjacent to an activating group) is 2. The molecular formula is C55H74N2O12+2. The van der Waals surface area contributed by atoms with E-state index < -0.39 is 11.9 Å². The van der Waals surface area contributed by atoms with Gasteiger partial charge in [0.05, 0.1) is 121 Å². The maximum absolute atomic E-state index is 12.9. The second-order valence-corrected chi connectivity index (χ2v) is 18.7. The highest BCUT2D eigenvalue weighted by molar-refractivity contribution is 5.91. The first kappa shape index (κ1) is 52.3. The number of rotatable bonds is 21. The molecule has 14 nitrogen and oxygen atoms in total. The van der Waals surface area contributed by atoms with Crippen LogP contribution in [-0.4, -0.2) is 131 Å². The molecule has 2 heterocycles. The lowest BCUT2D eigenvalue weighted by atomic mass is 9.82. The second kappa shape index (κ2) is 22.5. The van der Waals surface area contributed by atoms with Crippen LogP contribution in [0.1, 0.15) is 80.6 Å². The number of benzene rings is 4. The zero-order valence-electron chi connectivity index (χ0n) is 43.3. The quantitative estimate of drug-likeness (QED) is 0.0344. The number of esters is 2. The molecule has 14 heteroatoms. The van der Waals surface area contributed by atoms with Gasteiger partial charge in [-0.1, -0.05) is 12.1 Å². The number of carbonyl (C=O) groups excluding carboxylic acids is 2. The van der Waals surface area contributed by atoms with E-state index in [0.717, 1.165) is 89.3 Å². The molecule has 0 fully saturated rings. The highest BCUT2D eigenvalue weighted by atomic mass is 16.5. The molecule has 0 spiro atoms. The first-order valence-corrected chi connectivity index (χ1v) is 23.7. The van der Waals surface area contributed by atoms with Crippen molar-refractivity contribution in [3.05, 3.63) is 104 Å². The van der Waals surface area contributed by atoms with E-state index in [0.29, 0.717) is 75.0 Å². The van der Waals surface area contributed by atoms with Gasteiger partial charge in [0.2, 0.25) is 5.75 Å². The summed E-state index contributed by atoms with van der Waals surface area (Å²) < 4.78 is 59.3. The molecule has 4 unspecified atom stereocenters. The highest BCUT2D eigenvalue weighted by Crippen LogP contribution is 2.51. The summed E-state index contributed by atoms with van der Waals surface area (Å²) in [5.41, 5.74) is 11.1. The Kier molecular flexibility index (Phi) is 17.1. The van der Waals surface area contributed by atoms with Gasteiger partial charge in [0.25, 0.3) is 0 Å². The Bertz CT molecular complexity index is 2540. The van der Waals surface area contributed by atoms with Gasteiger partial charge in [-0.25, -0.2) is 9.59 Å². The van der Waals surface area contributed by atoms with Crippen LogP contribution in [0, 0.1) is 27.7 Å². The normalized spacial score (nSPS) is 19.5. The number of nitrogens with zero attached hydrogens (tertiary/aromatic N) is 2. The fourth-order valence-corrected chi connectivity index (χ4v) is 10.9. The van der Waals surface area contributed by atoms with Gasteiger partial charge in [-0.2, -0.15) is 0 Å². The van der Waals surface area contributed by atoms with E-state index in [1.807, 2.05) is 19.9 Å². The molecule has 0 radical (unpaired) electrons. The number of fused-ring (bicyclic) bond motifs is 2. The molecule has 0 saturated heterocycles. The SMILES string of the molecule is COc1cc(CC2c3c(cc(OC)c(OC)c3OC)CC[N+]2(C)CCCOC(=O)/C=C\C(=O)OCCC[N+]2(C)CCc3cc(C)c(C)c(OC)c3C2c2cc(C)c(OC)c(OC)c2)cc(C)c1OC. The Morgan fingerprint density at radius 3 is 1.58 bits per heavy atom. The van der Waals surface area contributed by atoms with Crippen molar-refractivity contribution >= 4 is 11.9 Å². The third-order valence-corrected chi connectivity index (χ3v) is 14.5. The van der Waals surface area contributed by atoms with Crippen LogP contribution in [0.25, 0.3) is 0 Å². The van der Waals surface area contributed by atoms with Crippen LogP contribution in [0.2, 0.25) is 0 Å². The summed E-state index contributed by atoms with van der Waals surface area (Å²) in [6.07, 6.45) is 5.81. The van der Waals surface area contributed by atoms with E-state index in [1.165, 1.54) is 16.7 Å². The topological polar surface area (TPSA) is 126 Å². The maximum Gasteiger partial charge on any atom is 0.331 e. The summed E-state index contributed by atoms with van der Waals surface area (Å²) in [7, 11) is 17.7. The summed E-state index contributed by atoms with van der Waals surface area (Å²) in [5.74, 6) is 4.26. The third-order valence-electron chi connectivity index (χ3n) is 14.5. The number of ether oxygens (including phenoxy) is 10. The molecule has 2 aliphatic heterocycles. The molecule has 4 aromatic carbocycles. The van der Waals surface area contributed by atoms with Crippen molar-refractivity contribution in [2.45, 2.75) is 71.9 Å². The van der Waals surface area contributed by atoms with Gasteiger partial charge in [-0.05, 0) is 90.9 Å². The van der Waals surface area contributed by atoms with Gasteiger partial charge in [-0.3, -0.25) is 0 Å². The molecule has 0 aromatic heterocycles. The molecule has 4 atom stereocenters. The van der Waals surface area contributed by atoms with Crippen LogP contribution in [-0.2, 0) is 38.3 Å². The number of hydrogen-bond acceptors (Lipinski definition) is 12. The summed E-state index contributed by atoms with van der Waals surface area (Å²) in [6, 6.07) is 12.6. The van der Waals surface area contributed by atoms with Gasteiger partial charge in [-0.15, -0.1) is 0 Å². The Hall–Kier alpha value is -6.12. The summed E-state index contributed by atoms with van der Waals surface area (Å²) in [6.45, 7) is 11.8. The van der Waals surface area contributed by atoms with Gasteiger partial charge in [0.15, 0.2) is 34.5 Å². The maximum atomic E-state index is 12.9. The van der Waals surface area contributed by atoms with Gasteiger partial charge < -0.3 is 56.3 Å². The monoisotopic (exact) mass is 955 g/mol. The van der Waals surface area contributed by atoms with Crippen molar-refractivity contribution in [2.75, 3.05) is 110 Å². The molecule has 69 heavy (non-hydrogen) atoms. The minimum atomic E-state index is -0.605. The van der Waals surface area contributed by atoms with E-state index in [1.54, 1.807) is 56.9 Å². The van der Waals surface area contributed by atoms with E-state index in [9.17, 15) is 9.59 Å². The average Bonchev–Trinajstić information content (AvgIpc) is 3.34. The number of quaternary nitrogens is 2. The first-order valence-electron chi connectivity index (χ1n) is 23.7. The molecule has 374 valence electrons. The molecule has 2 aliphatic rings. The van der Waals surface area contributed by atoms with Crippen LogP contribution >= 0.6 is 0 Å². The predicted octanol–water partition coefficient (Wildman–Crippen LogP) is 8.49. The van der Waals surface area contributed by atoms with Crippen LogP contribution in [0.3, 0.4) is 0 Å².